The quantitative estimate of drug-likeness (QED) is 0.560. The van der Waals surface area contributed by atoms with Crippen molar-refractivity contribution < 1.29 is 0 Å². The van der Waals surface area contributed by atoms with E-state index in [-0.39, 0.29) is 0 Å². The number of anilines is 4. The zero-order chi connectivity index (χ0) is 17.8. The van der Waals surface area contributed by atoms with Gasteiger partial charge in [-0.05, 0) is 43.3 Å². The standard InChI is InChI=1S/C20H18N6/c1-15-13-19(23-16-5-3-2-4-6-16)25-20(22-15)24-17-7-9-18(10-8-17)26-12-11-21-14-26/h2-14H,1H3,(H2,22,23,24,25). The molecule has 0 bridgehead atoms. The molecule has 6 heteroatoms. The summed E-state index contributed by atoms with van der Waals surface area (Å²) in [5.74, 6) is 1.31. The van der Waals surface area contributed by atoms with Crippen LogP contribution in [0.5, 0.6) is 0 Å². The molecule has 26 heavy (non-hydrogen) atoms. The first-order chi connectivity index (χ1) is 12.8. The highest BCUT2D eigenvalue weighted by atomic mass is 15.1. The molecule has 6 nitrogen and oxygen atoms in total. The van der Waals surface area contributed by atoms with Gasteiger partial charge in [-0.2, -0.15) is 4.98 Å². The van der Waals surface area contributed by atoms with Crippen LogP contribution in [-0.4, -0.2) is 19.5 Å². The highest BCUT2D eigenvalue weighted by Crippen LogP contribution is 2.20. The first-order valence-corrected chi connectivity index (χ1v) is 8.29. The van der Waals surface area contributed by atoms with Crippen molar-refractivity contribution in [1.82, 2.24) is 19.5 Å². The van der Waals surface area contributed by atoms with Crippen LogP contribution >= 0.6 is 0 Å². The molecule has 0 radical (unpaired) electrons. The maximum absolute atomic E-state index is 4.55. The van der Waals surface area contributed by atoms with E-state index < -0.39 is 0 Å². The Morgan fingerprint density at radius 1 is 0.846 bits per heavy atom. The van der Waals surface area contributed by atoms with Gasteiger partial charge in [0.15, 0.2) is 0 Å². The molecule has 0 saturated carbocycles. The molecule has 0 atom stereocenters. The molecule has 2 aromatic heterocycles. The molecule has 4 aromatic rings. The van der Waals surface area contributed by atoms with Gasteiger partial charge in [0.1, 0.15) is 5.82 Å². The summed E-state index contributed by atoms with van der Waals surface area (Å²) in [6, 6.07) is 19.9. The monoisotopic (exact) mass is 342 g/mol. The van der Waals surface area contributed by atoms with Crippen molar-refractivity contribution in [2.24, 2.45) is 0 Å². The Kier molecular flexibility index (Phi) is 4.30. The molecule has 2 aromatic carbocycles. The third kappa shape index (κ3) is 3.70. The summed E-state index contributed by atoms with van der Waals surface area (Å²) >= 11 is 0. The summed E-state index contributed by atoms with van der Waals surface area (Å²) < 4.78 is 1.95. The van der Waals surface area contributed by atoms with Crippen LogP contribution in [0, 0.1) is 6.92 Å². The first-order valence-electron chi connectivity index (χ1n) is 8.29. The van der Waals surface area contributed by atoms with Crippen molar-refractivity contribution in [3.8, 4) is 5.69 Å². The van der Waals surface area contributed by atoms with Crippen LogP contribution in [0.2, 0.25) is 0 Å². The van der Waals surface area contributed by atoms with Gasteiger partial charge >= 0.3 is 0 Å². The van der Waals surface area contributed by atoms with Crippen molar-refractivity contribution in [2.45, 2.75) is 6.92 Å². The molecule has 2 heterocycles. The number of aromatic nitrogens is 4. The third-order valence-corrected chi connectivity index (χ3v) is 3.83. The topological polar surface area (TPSA) is 67.7 Å². The minimum absolute atomic E-state index is 0.554. The van der Waals surface area contributed by atoms with E-state index in [1.54, 1.807) is 12.5 Å². The number of hydrogen-bond donors (Lipinski definition) is 2. The second-order valence-corrected chi connectivity index (χ2v) is 5.85. The van der Waals surface area contributed by atoms with Gasteiger partial charge in [-0.1, -0.05) is 18.2 Å². The molecular weight excluding hydrogens is 324 g/mol. The van der Waals surface area contributed by atoms with Crippen molar-refractivity contribution in [1.29, 1.82) is 0 Å². The fourth-order valence-electron chi connectivity index (χ4n) is 2.62. The van der Waals surface area contributed by atoms with Crippen molar-refractivity contribution in [3.05, 3.63) is 85.1 Å². The van der Waals surface area contributed by atoms with E-state index in [2.05, 4.69) is 25.6 Å². The van der Waals surface area contributed by atoms with E-state index >= 15 is 0 Å². The number of rotatable bonds is 5. The van der Waals surface area contributed by atoms with Crippen LogP contribution < -0.4 is 10.6 Å². The second kappa shape index (κ2) is 7.06. The Morgan fingerprint density at radius 3 is 2.35 bits per heavy atom. The molecule has 0 fully saturated rings. The number of hydrogen-bond acceptors (Lipinski definition) is 5. The SMILES string of the molecule is Cc1cc(Nc2ccccc2)nc(Nc2ccc(-n3ccnc3)cc2)n1. The molecule has 4 rings (SSSR count). The predicted octanol–water partition coefficient (Wildman–Crippen LogP) is 4.46. The lowest BCUT2D eigenvalue weighted by Crippen LogP contribution is -2.02. The van der Waals surface area contributed by atoms with Gasteiger partial charge in [0.2, 0.25) is 5.95 Å². The summed E-state index contributed by atoms with van der Waals surface area (Å²) in [4.78, 5) is 13.1. The van der Waals surface area contributed by atoms with Crippen molar-refractivity contribution >= 4 is 23.1 Å². The summed E-state index contributed by atoms with van der Waals surface area (Å²) in [7, 11) is 0. The van der Waals surface area contributed by atoms with Gasteiger partial charge < -0.3 is 15.2 Å². The molecule has 0 aliphatic carbocycles. The fraction of sp³-hybridized carbons (Fsp3) is 0.0500. The molecule has 0 unspecified atom stereocenters. The summed E-state index contributed by atoms with van der Waals surface area (Å²) in [5, 5.41) is 6.55. The lowest BCUT2D eigenvalue weighted by molar-refractivity contribution is 1.06. The molecule has 0 amide bonds. The highest BCUT2D eigenvalue weighted by Gasteiger charge is 2.04. The summed E-state index contributed by atoms with van der Waals surface area (Å²) in [6.45, 7) is 1.95. The van der Waals surface area contributed by atoms with E-state index in [1.165, 1.54) is 0 Å². The molecule has 0 spiro atoms. The number of aryl methyl sites for hydroxylation is 1. The number of para-hydroxylation sites is 1. The summed E-state index contributed by atoms with van der Waals surface area (Å²) in [6.07, 6.45) is 5.44. The predicted molar refractivity (Wildman–Crippen MR) is 103 cm³/mol. The Bertz CT molecular complexity index is 979. The zero-order valence-electron chi connectivity index (χ0n) is 14.3. The molecule has 0 aliphatic rings. The van der Waals surface area contributed by atoms with Crippen LogP contribution in [0.4, 0.5) is 23.1 Å². The largest absolute Gasteiger partial charge is 0.340 e. The molecule has 0 saturated heterocycles. The average molecular weight is 342 g/mol. The van der Waals surface area contributed by atoms with Crippen molar-refractivity contribution in [2.75, 3.05) is 10.6 Å². The molecular formula is C20H18N6. The molecule has 0 aliphatic heterocycles. The van der Waals surface area contributed by atoms with E-state index in [4.69, 9.17) is 0 Å². The van der Waals surface area contributed by atoms with Gasteiger partial charge in [-0.3, -0.25) is 0 Å². The van der Waals surface area contributed by atoms with E-state index in [0.717, 1.165) is 28.6 Å². The second-order valence-electron chi connectivity index (χ2n) is 5.85. The highest BCUT2D eigenvalue weighted by molar-refractivity contribution is 5.60. The Labute approximate surface area is 151 Å². The van der Waals surface area contributed by atoms with Gasteiger partial charge in [-0.15, -0.1) is 0 Å². The Morgan fingerprint density at radius 2 is 1.62 bits per heavy atom. The maximum atomic E-state index is 4.55. The number of benzene rings is 2. The number of nitrogens with one attached hydrogen (secondary N) is 2. The van der Waals surface area contributed by atoms with Gasteiger partial charge in [0.05, 0.1) is 6.33 Å². The van der Waals surface area contributed by atoms with E-state index in [1.807, 2.05) is 78.4 Å². The lowest BCUT2D eigenvalue weighted by atomic mass is 10.3. The molecule has 2 N–H and O–H groups in total. The maximum Gasteiger partial charge on any atom is 0.229 e. The van der Waals surface area contributed by atoms with Crippen LogP contribution in [-0.2, 0) is 0 Å². The Hall–Kier alpha value is -3.67. The molecule has 128 valence electrons. The van der Waals surface area contributed by atoms with Gasteiger partial charge in [0.25, 0.3) is 0 Å². The van der Waals surface area contributed by atoms with Crippen LogP contribution in [0.1, 0.15) is 5.69 Å². The first kappa shape index (κ1) is 15.8. The van der Waals surface area contributed by atoms with E-state index in [0.29, 0.717) is 5.95 Å². The summed E-state index contributed by atoms with van der Waals surface area (Å²) in [5.41, 5.74) is 3.84. The average Bonchev–Trinajstić information content (AvgIpc) is 3.17. The van der Waals surface area contributed by atoms with Gasteiger partial charge in [0, 0.05) is 41.2 Å². The zero-order valence-corrected chi connectivity index (χ0v) is 14.3. The van der Waals surface area contributed by atoms with Crippen LogP contribution in [0.15, 0.2) is 79.4 Å². The third-order valence-electron chi connectivity index (χ3n) is 3.83. The smallest absolute Gasteiger partial charge is 0.229 e. The van der Waals surface area contributed by atoms with Gasteiger partial charge in [-0.25, -0.2) is 9.97 Å². The fourth-order valence-corrected chi connectivity index (χ4v) is 2.62. The van der Waals surface area contributed by atoms with Crippen LogP contribution in [0.25, 0.3) is 5.69 Å². The van der Waals surface area contributed by atoms with E-state index in [9.17, 15) is 0 Å². The number of imidazole rings is 1. The van der Waals surface area contributed by atoms with Crippen LogP contribution in [0.3, 0.4) is 0 Å². The minimum Gasteiger partial charge on any atom is -0.340 e. The minimum atomic E-state index is 0.554. The Balaban J connectivity index is 1.52. The lowest BCUT2D eigenvalue weighted by Gasteiger charge is -2.10. The van der Waals surface area contributed by atoms with Crippen molar-refractivity contribution in [3.63, 3.8) is 0 Å². The number of nitrogens with zero attached hydrogens (tertiary/aromatic N) is 4. The normalized spacial score (nSPS) is 10.5.